The van der Waals surface area contributed by atoms with E-state index in [4.69, 9.17) is 5.73 Å². The summed E-state index contributed by atoms with van der Waals surface area (Å²) in [4.78, 5) is 16.3. The van der Waals surface area contributed by atoms with Crippen molar-refractivity contribution in [1.82, 2.24) is 10.3 Å². The van der Waals surface area contributed by atoms with E-state index in [-0.39, 0.29) is 22.8 Å². The maximum atomic E-state index is 12.2. The molecule has 20 heavy (non-hydrogen) atoms. The third kappa shape index (κ3) is 2.41. The van der Waals surface area contributed by atoms with Crippen LogP contribution in [-0.4, -0.2) is 23.5 Å². The van der Waals surface area contributed by atoms with Crippen molar-refractivity contribution in [3.8, 4) is 11.8 Å². The second-order valence-electron chi connectivity index (χ2n) is 6.29. The van der Waals surface area contributed by atoms with Gasteiger partial charge in [-0.1, -0.05) is 39.5 Å². The molecule has 0 aromatic carbocycles. The summed E-state index contributed by atoms with van der Waals surface area (Å²) in [7, 11) is 0. The topological polar surface area (TPSA) is 68.0 Å². The smallest absolute Gasteiger partial charge is 0.270 e. The lowest BCUT2D eigenvalue weighted by Crippen LogP contribution is -2.30. The van der Waals surface area contributed by atoms with Crippen molar-refractivity contribution >= 4 is 5.91 Å². The zero-order valence-electron chi connectivity index (χ0n) is 12.4. The number of nitrogens with one attached hydrogen (secondary N) is 1. The number of pyridine rings is 1. The van der Waals surface area contributed by atoms with Crippen molar-refractivity contribution in [2.75, 3.05) is 6.54 Å². The van der Waals surface area contributed by atoms with Crippen LogP contribution in [0.2, 0.25) is 0 Å². The molecule has 1 aliphatic carbocycles. The van der Waals surface area contributed by atoms with Gasteiger partial charge in [-0.25, -0.2) is 4.98 Å². The van der Waals surface area contributed by atoms with Crippen LogP contribution < -0.4 is 11.1 Å². The van der Waals surface area contributed by atoms with Gasteiger partial charge >= 0.3 is 0 Å². The highest BCUT2D eigenvalue weighted by molar-refractivity contribution is 5.92. The Morgan fingerprint density at radius 3 is 2.45 bits per heavy atom. The molecule has 0 saturated heterocycles. The van der Waals surface area contributed by atoms with E-state index in [2.05, 4.69) is 49.8 Å². The van der Waals surface area contributed by atoms with Crippen LogP contribution in [0.5, 0.6) is 0 Å². The Labute approximate surface area is 120 Å². The quantitative estimate of drug-likeness (QED) is 0.802. The van der Waals surface area contributed by atoms with Crippen molar-refractivity contribution in [2.24, 2.45) is 16.6 Å². The van der Waals surface area contributed by atoms with E-state index >= 15 is 0 Å². The molecule has 0 atom stereocenters. The average molecular weight is 271 g/mol. The predicted octanol–water partition coefficient (Wildman–Crippen LogP) is 1.56. The molecular weight excluding hydrogens is 250 g/mol. The lowest BCUT2D eigenvalue weighted by Gasteiger charge is -2.06. The third-order valence-corrected chi connectivity index (χ3v) is 4.63. The third-order valence-electron chi connectivity index (χ3n) is 4.63. The Morgan fingerprint density at radius 2 is 2.00 bits per heavy atom. The van der Waals surface area contributed by atoms with Crippen LogP contribution in [0.25, 0.3) is 0 Å². The summed E-state index contributed by atoms with van der Waals surface area (Å²) < 4.78 is 0. The molecule has 3 N–H and O–H groups in total. The first kappa shape index (κ1) is 14.5. The highest BCUT2D eigenvalue weighted by Crippen LogP contribution is 2.62. The molecular formula is C16H21N3O. The first-order valence-corrected chi connectivity index (χ1v) is 6.76. The Kier molecular flexibility index (Phi) is 3.58. The van der Waals surface area contributed by atoms with Gasteiger partial charge in [0.2, 0.25) is 0 Å². The molecule has 1 heterocycles. The van der Waals surface area contributed by atoms with Gasteiger partial charge < -0.3 is 11.1 Å². The summed E-state index contributed by atoms with van der Waals surface area (Å²) in [6.07, 6.45) is 1.60. The van der Waals surface area contributed by atoms with Gasteiger partial charge in [-0.3, -0.25) is 4.79 Å². The molecule has 0 bridgehead atoms. The van der Waals surface area contributed by atoms with E-state index in [1.54, 1.807) is 18.3 Å². The van der Waals surface area contributed by atoms with Crippen molar-refractivity contribution < 1.29 is 4.79 Å². The predicted molar refractivity (Wildman–Crippen MR) is 79.0 cm³/mol. The number of carbonyl (C=O) groups is 1. The van der Waals surface area contributed by atoms with Crippen LogP contribution in [0, 0.1) is 22.7 Å². The van der Waals surface area contributed by atoms with E-state index in [1.807, 2.05) is 0 Å². The molecule has 106 valence electrons. The average Bonchev–Trinajstić information content (AvgIpc) is 2.79. The lowest BCUT2D eigenvalue weighted by molar-refractivity contribution is 0.0938. The van der Waals surface area contributed by atoms with E-state index in [0.717, 1.165) is 5.56 Å². The summed E-state index contributed by atoms with van der Waals surface area (Å²) in [5.74, 6) is 5.50. The van der Waals surface area contributed by atoms with Crippen LogP contribution in [0.4, 0.5) is 0 Å². The van der Waals surface area contributed by atoms with Crippen LogP contribution in [0.15, 0.2) is 18.3 Å². The van der Waals surface area contributed by atoms with Gasteiger partial charge in [-0.2, -0.15) is 0 Å². The summed E-state index contributed by atoms with van der Waals surface area (Å²) in [6, 6.07) is 3.66. The Bertz CT molecular complexity index is 562. The van der Waals surface area contributed by atoms with E-state index in [1.165, 1.54) is 0 Å². The first-order chi connectivity index (χ1) is 9.30. The molecule has 1 saturated carbocycles. The molecule has 2 rings (SSSR count). The number of hydrogen-bond donors (Lipinski definition) is 2. The molecule has 1 aliphatic rings. The second-order valence-corrected chi connectivity index (χ2v) is 6.29. The summed E-state index contributed by atoms with van der Waals surface area (Å²) in [6.45, 7) is 8.97. The van der Waals surface area contributed by atoms with E-state index in [0.29, 0.717) is 12.2 Å². The largest absolute Gasteiger partial charge is 0.347 e. The van der Waals surface area contributed by atoms with Crippen LogP contribution in [0.3, 0.4) is 0 Å². The normalized spacial score (nSPS) is 18.9. The number of nitrogens with two attached hydrogens (primary N) is 1. The zero-order chi connectivity index (χ0) is 15.0. The monoisotopic (exact) mass is 271 g/mol. The van der Waals surface area contributed by atoms with E-state index < -0.39 is 0 Å². The van der Waals surface area contributed by atoms with Gasteiger partial charge in [0.05, 0.1) is 6.54 Å². The fourth-order valence-corrected chi connectivity index (χ4v) is 2.52. The van der Waals surface area contributed by atoms with Gasteiger partial charge in [0.25, 0.3) is 5.91 Å². The van der Waals surface area contributed by atoms with Crippen molar-refractivity contribution in [2.45, 2.75) is 33.7 Å². The second kappa shape index (κ2) is 4.92. The fourth-order valence-electron chi connectivity index (χ4n) is 2.52. The SMILES string of the molecule is CC1(C)C(NC(=O)c2ccc(C#CCN)cn2)C1(C)C. The minimum Gasteiger partial charge on any atom is -0.347 e. The Morgan fingerprint density at radius 1 is 1.35 bits per heavy atom. The van der Waals surface area contributed by atoms with Gasteiger partial charge in [0.1, 0.15) is 5.69 Å². The minimum absolute atomic E-state index is 0.120. The maximum Gasteiger partial charge on any atom is 0.270 e. The molecule has 1 aromatic rings. The number of nitrogens with zero attached hydrogens (tertiary/aromatic N) is 1. The Hall–Kier alpha value is -1.86. The number of rotatable bonds is 2. The highest BCUT2D eigenvalue weighted by atomic mass is 16.2. The Balaban J connectivity index is 2.04. The minimum atomic E-state index is -0.132. The molecule has 1 fully saturated rings. The number of aromatic nitrogens is 1. The molecule has 4 nitrogen and oxygen atoms in total. The van der Waals surface area contributed by atoms with Gasteiger partial charge in [0.15, 0.2) is 0 Å². The molecule has 0 spiro atoms. The van der Waals surface area contributed by atoms with E-state index in [9.17, 15) is 4.79 Å². The standard InChI is InChI=1S/C16H21N3O/c1-15(2)14(16(15,3)4)19-13(20)12-8-7-11(10-18-12)6-5-9-17/h7-8,10,14H,9,17H2,1-4H3,(H,19,20). The maximum absolute atomic E-state index is 12.2. The highest BCUT2D eigenvalue weighted by Gasteiger charge is 2.65. The molecule has 0 radical (unpaired) electrons. The van der Waals surface area contributed by atoms with Crippen molar-refractivity contribution in [1.29, 1.82) is 0 Å². The van der Waals surface area contributed by atoms with Gasteiger partial charge in [-0.05, 0) is 23.0 Å². The van der Waals surface area contributed by atoms with Crippen LogP contribution in [0.1, 0.15) is 43.7 Å². The molecule has 0 aliphatic heterocycles. The first-order valence-electron chi connectivity index (χ1n) is 6.76. The summed E-state index contributed by atoms with van der Waals surface area (Å²) in [5, 5.41) is 3.06. The summed E-state index contributed by atoms with van der Waals surface area (Å²) >= 11 is 0. The molecule has 1 aromatic heterocycles. The number of hydrogen-bond acceptors (Lipinski definition) is 3. The molecule has 0 unspecified atom stereocenters. The molecule has 1 amide bonds. The van der Waals surface area contributed by atoms with Crippen LogP contribution >= 0.6 is 0 Å². The number of carbonyl (C=O) groups excluding carboxylic acids is 1. The number of amides is 1. The van der Waals surface area contributed by atoms with Crippen molar-refractivity contribution in [3.63, 3.8) is 0 Å². The van der Waals surface area contributed by atoms with Crippen LogP contribution in [-0.2, 0) is 0 Å². The summed E-state index contributed by atoms with van der Waals surface area (Å²) in [5.41, 5.74) is 6.73. The van der Waals surface area contributed by atoms with Gasteiger partial charge in [-0.15, -0.1) is 0 Å². The fraction of sp³-hybridized carbons (Fsp3) is 0.500. The lowest BCUT2D eigenvalue weighted by atomic mass is 10.0. The molecule has 4 heteroatoms. The zero-order valence-corrected chi connectivity index (χ0v) is 12.4. The van der Waals surface area contributed by atoms with Crippen molar-refractivity contribution in [3.05, 3.63) is 29.6 Å². The van der Waals surface area contributed by atoms with Gasteiger partial charge in [0, 0.05) is 17.8 Å².